The monoisotopic (exact) mass is 285 g/mol. The highest BCUT2D eigenvalue weighted by molar-refractivity contribution is 5.77. The molecule has 1 heterocycles. The number of nitrogens with two attached hydrogens (primary N) is 1. The van der Waals surface area contributed by atoms with Crippen molar-refractivity contribution >= 4 is 5.91 Å². The summed E-state index contributed by atoms with van der Waals surface area (Å²) in [5.74, 6) is 0.00965. The fraction of sp³-hybridized carbons (Fsp3) is 0.529. The Morgan fingerprint density at radius 1 is 1.43 bits per heavy atom. The average Bonchev–Trinajstić information content (AvgIpc) is 2.80. The molecule has 4 nitrogen and oxygen atoms in total. The molecule has 0 bridgehead atoms. The summed E-state index contributed by atoms with van der Waals surface area (Å²) in [5.41, 5.74) is 7.16. The summed E-state index contributed by atoms with van der Waals surface area (Å²) in [5, 5.41) is 9.36. The minimum absolute atomic E-state index is 0.0684. The Morgan fingerprint density at radius 2 is 2.10 bits per heavy atom. The molecule has 1 fully saturated rings. The van der Waals surface area contributed by atoms with E-state index in [0.717, 1.165) is 24.2 Å². The number of nitrogens with zero attached hydrogens (tertiary/aromatic N) is 2. The second-order valence-electron chi connectivity index (χ2n) is 6.57. The third-order valence-electron chi connectivity index (χ3n) is 4.42. The van der Waals surface area contributed by atoms with Gasteiger partial charge in [0.1, 0.15) is 0 Å². The topological polar surface area (TPSA) is 70.1 Å². The molecule has 2 atom stereocenters. The highest BCUT2D eigenvalue weighted by atomic mass is 16.1. The highest BCUT2D eigenvalue weighted by Crippen LogP contribution is 2.29. The van der Waals surface area contributed by atoms with Crippen molar-refractivity contribution in [3.05, 3.63) is 35.4 Å². The van der Waals surface area contributed by atoms with Crippen LogP contribution in [0.3, 0.4) is 0 Å². The number of amides is 1. The Hall–Kier alpha value is -1.86. The zero-order valence-corrected chi connectivity index (χ0v) is 13.0. The molecular weight excluding hydrogens is 262 g/mol. The van der Waals surface area contributed by atoms with Crippen LogP contribution in [0.25, 0.3) is 0 Å². The number of hydrogen-bond donors (Lipinski definition) is 1. The first-order valence-electron chi connectivity index (χ1n) is 7.36. The quantitative estimate of drug-likeness (QED) is 0.920. The number of benzene rings is 1. The summed E-state index contributed by atoms with van der Waals surface area (Å²) in [6.45, 7) is 8.28. The first kappa shape index (κ1) is 15.5. The number of hydrogen-bond acceptors (Lipinski definition) is 3. The van der Waals surface area contributed by atoms with Gasteiger partial charge < -0.3 is 5.73 Å². The van der Waals surface area contributed by atoms with Crippen LogP contribution >= 0.6 is 0 Å². The Labute approximate surface area is 126 Å². The highest BCUT2D eigenvalue weighted by Gasteiger charge is 2.34. The summed E-state index contributed by atoms with van der Waals surface area (Å²) in [7, 11) is 0. The summed E-state index contributed by atoms with van der Waals surface area (Å²) >= 11 is 0. The van der Waals surface area contributed by atoms with E-state index < -0.39 is 5.41 Å². The molecule has 1 aromatic carbocycles. The summed E-state index contributed by atoms with van der Waals surface area (Å²) in [6.07, 6.45) is 0. The molecule has 1 aromatic rings. The Balaban J connectivity index is 2.19. The molecule has 4 heteroatoms. The average molecular weight is 285 g/mol. The van der Waals surface area contributed by atoms with Gasteiger partial charge in [-0.3, -0.25) is 9.69 Å². The van der Waals surface area contributed by atoms with Gasteiger partial charge in [0.05, 0.1) is 17.4 Å². The molecule has 2 N–H and O–H groups in total. The van der Waals surface area contributed by atoms with Crippen LogP contribution in [0.1, 0.15) is 31.9 Å². The minimum atomic E-state index is -0.509. The van der Waals surface area contributed by atoms with E-state index in [9.17, 15) is 10.1 Å². The first-order valence-corrected chi connectivity index (χ1v) is 7.36. The third-order valence-corrected chi connectivity index (χ3v) is 4.42. The zero-order chi connectivity index (χ0) is 15.6. The van der Waals surface area contributed by atoms with E-state index in [0.29, 0.717) is 12.5 Å². The Bertz CT molecular complexity index is 574. The molecule has 0 aromatic heterocycles. The predicted molar refractivity (Wildman–Crippen MR) is 82.2 cm³/mol. The van der Waals surface area contributed by atoms with Crippen molar-refractivity contribution in [2.45, 2.75) is 32.7 Å². The van der Waals surface area contributed by atoms with Gasteiger partial charge >= 0.3 is 0 Å². The molecule has 0 spiro atoms. The normalized spacial score (nSPS) is 23.0. The van der Waals surface area contributed by atoms with Crippen LogP contribution in [-0.2, 0) is 16.8 Å². The summed E-state index contributed by atoms with van der Waals surface area (Å²) in [4.78, 5) is 13.7. The predicted octanol–water partition coefficient (Wildman–Crippen LogP) is 2.04. The maximum Gasteiger partial charge on any atom is 0.222 e. The van der Waals surface area contributed by atoms with Gasteiger partial charge in [0.2, 0.25) is 5.91 Å². The van der Waals surface area contributed by atoms with Gasteiger partial charge in [-0.2, -0.15) is 5.26 Å². The van der Waals surface area contributed by atoms with E-state index in [1.807, 2.05) is 32.0 Å². The molecule has 0 aliphatic carbocycles. The lowest BCUT2D eigenvalue weighted by Gasteiger charge is -2.23. The second-order valence-corrected chi connectivity index (χ2v) is 6.57. The largest absolute Gasteiger partial charge is 0.369 e. The molecule has 1 aliphatic rings. The lowest BCUT2D eigenvalue weighted by Crippen LogP contribution is -2.29. The fourth-order valence-corrected chi connectivity index (χ4v) is 3.14. The smallest absolute Gasteiger partial charge is 0.222 e. The maximum absolute atomic E-state index is 11.4. The van der Waals surface area contributed by atoms with Crippen molar-refractivity contribution in [3.8, 4) is 6.07 Å². The van der Waals surface area contributed by atoms with Crippen LogP contribution in [0, 0.1) is 23.2 Å². The summed E-state index contributed by atoms with van der Waals surface area (Å²) in [6, 6.07) is 10.4. The maximum atomic E-state index is 11.4. The number of carbonyl (C=O) groups excluding carboxylic acids is 1. The molecular formula is C17H23N3O. The van der Waals surface area contributed by atoms with E-state index in [-0.39, 0.29) is 11.8 Å². The van der Waals surface area contributed by atoms with Crippen molar-refractivity contribution < 1.29 is 4.79 Å². The SMILES string of the molecule is C[C@@H]1CN(Cc2ccccc2C(C)(C)C#N)C[C@H]1C(N)=O. The van der Waals surface area contributed by atoms with E-state index in [2.05, 4.69) is 24.0 Å². The molecule has 0 saturated carbocycles. The third kappa shape index (κ3) is 3.25. The Kier molecular flexibility index (Phi) is 4.34. The lowest BCUT2D eigenvalue weighted by atomic mass is 9.83. The fourth-order valence-electron chi connectivity index (χ4n) is 3.14. The zero-order valence-electron chi connectivity index (χ0n) is 13.0. The second kappa shape index (κ2) is 5.87. The molecule has 2 rings (SSSR count). The number of rotatable bonds is 4. The molecule has 21 heavy (non-hydrogen) atoms. The van der Waals surface area contributed by atoms with Gasteiger partial charge in [-0.1, -0.05) is 31.2 Å². The minimum Gasteiger partial charge on any atom is -0.369 e. The van der Waals surface area contributed by atoms with Gasteiger partial charge in [0.15, 0.2) is 0 Å². The van der Waals surface area contributed by atoms with Gasteiger partial charge in [0, 0.05) is 19.6 Å². The number of carbonyl (C=O) groups is 1. The number of nitriles is 1. The van der Waals surface area contributed by atoms with Crippen LogP contribution in [0.2, 0.25) is 0 Å². The molecule has 0 unspecified atom stereocenters. The van der Waals surface area contributed by atoms with E-state index >= 15 is 0 Å². The Morgan fingerprint density at radius 3 is 2.67 bits per heavy atom. The van der Waals surface area contributed by atoms with Crippen molar-refractivity contribution in [1.82, 2.24) is 4.90 Å². The lowest BCUT2D eigenvalue weighted by molar-refractivity contribution is -0.122. The number of primary amides is 1. The van der Waals surface area contributed by atoms with Crippen LogP contribution in [0.5, 0.6) is 0 Å². The van der Waals surface area contributed by atoms with Crippen LogP contribution in [0.4, 0.5) is 0 Å². The molecule has 0 radical (unpaired) electrons. The van der Waals surface area contributed by atoms with Crippen molar-refractivity contribution in [1.29, 1.82) is 5.26 Å². The van der Waals surface area contributed by atoms with Crippen LogP contribution in [-0.4, -0.2) is 23.9 Å². The standard InChI is InChI=1S/C17H23N3O/c1-12-8-20(10-14(12)16(19)21)9-13-6-4-5-7-15(13)17(2,3)11-18/h4-7,12,14H,8-10H2,1-3H3,(H2,19,21)/t12-,14-/m1/s1. The van der Waals surface area contributed by atoms with Gasteiger partial charge in [0.25, 0.3) is 0 Å². The molecule has 1 saturated heterocycles. The van der Waals surface area contributed by atoms with Crippen molar-refractivity contribution in [3.63, 3.8) is 0 Å². The van der Waals surface area contributed by atoms with Crippen molar-refractivity contribution in [2.75, 3.05) is 13.1 Å². The first-order chi connectivity index (χ1) is 9.85. The molecule has 1 aliphatic heterocycles. The molecule has 112 valence electrons. The van der Waals surface area contributed by atoms with Crippen molar-refractivity contribution in [2.24, 2.45) is 17.6 Å². The van der Waals surface area contributed by atoms with Gasteiger partial charge in [-0.25, -0.2) is 0 Å². The van der Waals surface area contributed by atoms with Gasteiger partial charge in [-0.15, -0.1) is 0 Å². The van der Waals surface area contributed by atoms with E-state index in [1.165, 1.54) is 0 Å². The number of likely N-dealkylation sites (tertiary alicyclic amines) is 1. The van der Waals surface area contributed by atoms with E-state index in [4.69, 9.17) is 5.73 Å². The van der Waals surface area contributed by atoms with Crippen LogP contribution < -0.4 is 5.73 Å². The van der Waals surface area contributed by atoms with Crippen LogP contribution in [0.15, 0.2) is 24.3 Å². The summed E-state index contributed by atoms with van der Waals surface area (Å²) < 4.78 is 0. The van der Waals surface area contributed by atoms with Gasteiger partial charge in [-0.05, 0) is 30.9 Å². The molecule has 1 amide bonds. The van der Waals surface area contributed by atoms with E-state index in [1.54, 1.807) is 0 Å².